The fourth-order valence-corrected chi connectivity index (χ4v) is 3.48. The van der Waals surface area contributed by atoms with E-state index in [0.29, 0.717) is 23.2 Å². The Balaban J connectivity index is 1.91. The molecule has 0 saturated heterocycles. The molecular formula is C23H27F2N3O3. The van der Waals surface area contributed by atoms with E-state index in [1.54, 1.807) is 19.1 Å². The molecule has 0 spiro atoms. The Kier molecular flexibility index (Phi) is 7.22. The monoisotopic (exact) mass is 431 g/mol. The van der Waals surface area contributed by atoms with Gasteiger partial charge in [0.15, 0.2) is 0 Å². The van der Waals surface area contributed by atoms with Gasteiger partial charge in [0, 0.05) is 6.07 Å². The Labute approximate surface area is 179 Å². The van der Waals surface area contributed by atoms with Crippen molar-refractivity contribution in [2.24, 2.45) is 0 Å². The Morgan fingerprint density at radius 2 is 1.97 bits per heavy atom. The normalized spacial score (nSPS) is 12.2. The van der Waals surface area contributed by atoms with E-state index in [1.165, 1.54) is 22.7 Å². The second-order valence-corrected chi connectivity index (χ2v) is 7.61. The zero-order valence-electron chi connectivity index (χ0n) is 17.9. The van der Waals surface area contributed by atoms with Crippen LogP contribution in [-0.2, 0) is 6.61 Å². The molecule has 2 N–H and O–H groups in total. The first-order valence-corrected chi connectivity index (χ1v) is 10.3. The highest BCUT2D eigenvalue weighted by Gasteiger charge is 2.22. The predicted octanol–water partition coefficient (Wildman–Crippen LogP) is 4.09. The molecule has 0 aliphatic carbocycles. The molecule has 1 atom stereocenters. The average molecular weight is 431 g/mol. The van der Waals surface area contributed by atoms with E-state index in [2.05, 4.69) is 10.4 Å². The van der Waals surface area contributed by atoms with E-state index in [1.807, 2.05) is 13.8 Å². The number of halogens is 2. The van der Waals surface area contributed by atoms with E-state index in [4.69, 9.17) is 4.74 Å². The molecule has 0 bridgehead atoms. The molecule has 0 saturated carbocycles. The van der Waals surface area contributed by atoms with Gasteiger partial charge in [-0.3, -0.25) is 4.79 Å². The summed E-state index contributed by atoms with van der Waals surface area (Å²) in [5, 5.41) is 16.9. The molecule has 3 rings (SSSR count). The predicted molar refractivity (Wildman–Crippen MR) is 113 cm³/mol. The molecule has 31 heavy (non-hydrogen) atoms. The third-order valence-corrected chi connectivity index (χ3v) is 5.14. The summed E-state index contributed by atoms with van der Waals surface area (Å²) in [4.78, 5) is 12.9. The number of nitrogens with one attached hydrogen (secondary N) is 1. The smallest absolute Gasteiger partial charge is 0.255 e. The third kappa shape index (κ3) is 5.02. The van der Waals surface area contributed by atoms with Gasteiger partial charge in [0.25, 0.3) is 5.91 Å². The topological polar surface area (TPSA) is 75.9 Å². The Morgan fingerprint density at radius 3 is 2.61 bits per heavy atom. The van der Waals surface area contributed by atoms with Gasteiger partial charge in [-0.1, -0.05) is 25.8 Å². The summed E-state index contributed by atoms with van der Waals surface area (Å²) < 4.78 is 35.1. The van der Waals surface area contributed by atoms with E-state index in [-0.39, 0.29) is 36.6 Å². The highest BCUT2D eigenvalue weighted by atomic mass is 19.1. The summed E-state index contributed by atoms with van der Waals surface area (Å²) in [5.41, 5.74) is 2.00. The van der Waals surface area contributed by atoms with Gasteiger partial charge >= 0.3 is 0 Å². The molecule has 1 aromatic carbocycles. The maximum Gasteiger partial charge on any atom is 0.255 e. The number of fused-ring (bicyclic) bond motifs is 1. The molecule has 2 aromatic heterocycles. The number of carbonyl (C=O) groups is 1. The van der Waals surface area contributed by atoms with Crippen LogP contribution in [0.5, 0.6) is 5.88 Å². The lowest BCUT2D eigenvalue weighted by atomic mass is 10.1. The van der Waals surface area contributed by atoms with Crippen molar-refractivity contribution >= 4 is 11.4 Å². The molecule has 0 aliphatic heterocycles. The van der Waals surface area contributed by atoms with Crippen molar-refractivity contribution < 1.29 is 23.4 Å². The van der Waals surface area contributed by atoms with Crippen LogP contribution in [0.3, 0.4) is 0 Å². The number of aromatic nitrogens is 2. The summed E-state index contributed by atoms with van der Waals surface area (Å²) >= 11 is 0. The summed E-state index contributed by atoms with van der Waals surface area (Å²) in [6.45, 7) is 5.12. The van der Waals surface area contributed by atoms with Gasteiger partial charge in [0.1, 0.15) is 18.2 Å². The van der Waals surface area contributed by atoms with Crippen LogP contribution < -0.4 is 10.1 Å². The number of unbranched alkanes of at least 4 members (excludes halogenated alkanes) is 1. The maximum atomic E-state index is 13.9. The number of ether oxygens (including phenoxy) is 1. The highest BCUT2D eigenvalue weighted by Crippen LogP contribution is 2.25. The van der Waals surface area contributed by atoms with Crippen LogP contribution in [0.1, 0.15) is 53.4 Å². The number of rotatable bonds is 9. The molecule has 166 valence electrons. The van der Waals surface area contributed by atoms with Crippen molar-refractivity contribution in [3.8, 4) is 5.88 Å². The second kappa shape index (κ2) is 9.87. The van der Waals surface area contributed by atoms with Gasteiger partial charge in [-0.25, -0.2) is 8.78 Å². The van der Waals surface area contributed by atoms with Crippen molar-refractivity contribution in [2.75, 3.05) is 6.61 Å². The summed E-state index contributed by atoms with van der Waals surface area (Å²) in [7, 11) is 0. The van der Waals surface area contributed by atoms with Gasteiger partial charge in [0.2, 0.25) is 5.88 Å². The number of nitrogens with zero attached hydrogens (tertiary/aromatic N) is 2. The number of hydrogen-bond donors (Lipinski definition) is 2. The fraction of sp³-hybridized carbons (Fsp3) is 0.391. The molecule has 8 heteroatoms. The van der Waals surface area contributed by atoms with Gasteiger partial charge in [-0.2, -0.15) is 9.61 Å². The van der Waals surface area contributed by atoms with Gasteiger partial charge < -0.3 is 15.2 Å². The Morgan fingerprint density at radius 1 is 1.26 bits per heavy atom. The lowest BCUT2D eigenvalue weighted by Crippen LogP contribution is -2.37. The van der Waals surface area contributed by atoms with Crippen molar-refractivity contribution in [2.45, 2.75) is 52.7 Å². The van der Waals surface area contributed by atoms with E-state index in [9.17, 15) is 18.7 Å². The van der Waals surface area contributed by atoms with Crippen molar-refractivity contribution in [1.82, 2.24) is 14.9 Å². The number of hydrogen-bond acceptors (Lipinski definition) is 4. The lowest BCUT2D eigenvalue weighted by Gasteiger charge is -2.16. The summed E-state index contributed by atoms with van der Waals surface area (Å²) in [6.07, 6.45) is 2.53. The number of aryl methyl sites for hydroxylation is 2. The fourth-order valence-electron chi connectivity index (χ4n) is 3.48. The zero-order valence-corrected chi connectivity index (χ0v) is 17.9. The SMILES string of the molecule is CCCCC(CO)NC(=O)c1c(C)nn2c(OCc3c(F)cccc3F)cc(C)cc12. The molecule has 1 amide bonds. The number of pyridine rings is 1. The molecular weight excluding hydrogens is 404 g/mol. The molecule has 2 heterocycles. The van der Waals surface area contributed by atoms with Crippen LogP contribution in [0, 0.1) is 25.5 Å². The molecule has 0 fully saturated rings. The summed E-state index contributed by atoms with van der Waals surface area (Å²) in [5.74, 6) is -1.45. The van der Waals surface area contributed by atoms with Crippen LogP contribution in [0.15, 0.2) is 30.3 Å². The minimum absolute atomic E-state index is 0.147. The molecule has 6 nitrogen and oxygen atoms in total. The first-order valence-electron chi connectivity index (χ1n) is 10.3. The zero-order chi connectivity index (χ0) is 22.5. The minimum Gasteiger partial charge on any atom is -0.473 e. The standard InChI is InChI=1S/C23H27F2N3O3/c1-4-5-7-16(12-29)26-23(30)22-15(3)27-28-20(22)10-14(2)11-21(28)31-13-17-18(24)8-6-9-19(17)25/h6,8-11,16,29H,4-5,7,12-13H2,1-3H3,(H,26,30). The van der Waals surface area contributed by atoms with Crippen LogP contribution in [0.25, 0.3) is 5.52 Å². The number of carbonyl (C=O) groups excluding carboxylic acids is 1. The Hall–Kier alpha value is -3.00. The van der Waals surface area contributed by atoms with E-state index in [0.717, 1.165) is 18.4 Å². The number of amides is 1. The van der Waals surface area contributed by atoms with Crippen molar-refractivity contribution in [3.63, 3.8) is 0 Å². The minimum atomic E-state index is -0.692. The van der Waals surface area contributed by atoms with Crippen LogP contribution in [-0.4, -0.2) is 33.3 Å². The largest absolute Gasteiger partial charge is 0.473 e. The van der Waals surface area contributed by atoms with E-state index < -0.39 is 11.6 Å². The number of aliphatic hydroxyl groups is 1. The summed E-state index contributed by atoms with van der Waals surface area (Å²) in [6, 6.07) is 6.78. The second-order valence-electron chi connectivity index (χ2n) is 7.61. The maximum absolute atomic E-state index is 13.9. The molecule has 0 radical (unpaired) electrons. The Bertz CT molecular complexity index is 1060. The van der Waals surface area contributed by atoms with Crippen LogP contribution in [0.4, 0.5) is 8.78 Å². The molecule has 1 unspecified atom stereocenters. The van der Waals surface area contributed by atoms with Crippen molar-refractivity contribution in [1.29, 1.82) is 0 Å². The van der Waals surface area contributed by atoms with Crippen LogP contribution >= 0.6 is 0 Å². The number of aliphatic hydroxyl groups excluding tert-OH is 1. The van der Waals surface area contributed by atoms with E-state index >= 15 is 0 Å². The van der Waals surface area contributed by atoms with Gasteiger partial charge in [0.05, 0.1) is 35.0 Å². The third-order valence-electron chi connectivity index (χ3n) is 5.14. The van der Waals surface area contributed by atoms with Gasteiger partial charge in [-0.15, -0.1) is 0 Å². The lowest BCUT2D eigenvalue weighted by molar-refractivity contribution is 0.0913. The highest BCUT2D eigenvalue weighted by molar-refractivity contribution is 6.02. The first kappa shape index (κ1) is 22.7. The number of benzene rings is 1. The average Bonchev–Trinajstić information content (AvgIpc) is 3.06. The van der Waals surface area contributed by atoms with Crippen LogP contribution in [0.2, 0.25) is 0 Å². The molecule has 3 aromatic rings. The quantitative estimate of drug-likeness (QED) is 0.535. The molecule has 0 aliphatic rings. The van der Waals surface area contributed by atoms with Gasteiger partial charge in [-0.05, 0) is 44.0 Å². The first-order chi connectivity index (χ1) is 14.8. The van der Waals surface area contributed by atoms with Crippen molar-refractivity contribution in [3.05, 3.63) is 64.4 Å².